The van der Waals surface area contributed by atoms with Crippen LogP contribution in [0.1, 0.15) is 48.0 Å². The van der Waals surface area contributed by atoms with Gasteiger partial charge in [-0.25, -0.2) is 0 Å². The number of hydrogen-bond donors (Lipinski definition) is 4. The van der Waals surface area contributed by atoms with Gasteiger partial charge in [0.2, 0.25) is 17.7 Å². The van der Waals surface area contributed by atoms with E-state index in [2.05, 4.69) is 5.32 Å². The van der Waals surface area contributed by atoms with Crippen molar-refractivity contribution in [3.8, 4) is 0 Å². The minimum absolute atomic E-state index is 0.0530. The molecule has 0 saturated carbocycles. The van der Waals surface area contributed by atoms with Crippen LogP contribution in [0.25, 0.3) is 0 Å². The predicted molar refractivity (Wildman–Crippen MR) is 142 cm³/mol. The normalized spacial score (nSPS) is 19.2. The first kappa shape index (κ1) is 30.0. The molecular weight excluding hydrogens is 482 g/mol. The molecule has 3 amide bonds. The maximum Gasteiger partial charge on any atom is 0.241 e. The van der Waals surface area contributed by atoms with Gasteiger partial charge in [0.25, 0.3) is 0 Å². The first-order valence-electron chi connectivity index (χ1n) is 12.4. The smallest absolute Gasteiger partial charge is 0.241 e. The molecule has 1 saturated heterocycles. The Labute approximate surface area is 219 Å². The maximum atomic E-state index is 13.0. The molecule has 36 heavy (non-hydrogen) atoms. The number of benzene rings is 1. The molecule has 6 N–H and O–H groups in total. The molecule has 3 atom stereocenters. The van der Waals surface area contributed by atoms with E-state index in [9.17, 15) is 19.5 Å². The average Bonchev–Trinajstić information content (AvgIpc) is 2.77. The van der Waals surface area contributed by atoms with Crippen molar-refractivity contribution >= 4 is 35.0 Å². The quantitative estimate of drug-likeness (QED) is 0.348. The number of amides is 3. The van der Waals surface area contributed by atoms with Crippen molar-refractivity contribution in [2.24, 2.45) is 28.7 Å². The van der Waals surface area contributed by atoms with Crippen LogP contribution in [0, 0.1) is 17.3 Å². The molecule has 1 heterocycles. The van der Waals surface area contributed by atoms with Crippen LogP contribution >= 0.6 is 11.6 Å². The number of halogens is 1. The SMILES string of the molecule is CC(C)[C@H](C[C@H](O)[C@@H](N)CN1CC(=O)N(c2cccc(Cl)c2)CC1(C)C)C(=O)NCC(C)(C)C(N)=O. The fourth-order valence-electron chi connectivity index (χ4n) is 4.25. The van der Waals surface area contributed by atoms with Gasteiger partial charge in [0.1, 0.15) is 0 Å². The van der Waals surface area contributed by atoms with Crippen LogP contribution in [-0.2, 0) is 14.4 Å². The predicted octanol–water partition coefficient (Wildman–Crippen LogP) is 1.75. The molecule has 0 aliphatic carbocycles. The van der Waals surface area contributed by atoms with Crippen LogP contribution in [0.3, 0.4) is 0 Å². The summed E-state index contributed by atoms with van der Waals surface area (Å²) in [5, 5.41) is 14.3. The minimum atomic E-state index is -0.954. The van der Waals surface area contributed by atoms with Crippen LogP contribution in [0.15, 0.2) is 24.3 Å². The van der Waals surface area contributed by atoms with Gasteiger partial charge < -0.3 is 26.8 Å². The third-order valence-corrected chi connectivity index (χ3v) is 7.32. The summed E-state index contributed by atoms with van der Waals surface area (Å²) in [7, 11) is 0. The second-order valence-corrected chi connectivity index (χ2v) is 11.9. The van der Waals surface area contributed by atoms with Crippen LogP contribution in [-0.4, -0.2) is 71.6 Å². The topological polar surface area (TPSA) is 142 Å². The van der Waals surface area contributed by atoms with Crippen LogP contribution in [0.2, 0.25) is 5.02 Å². The standard InChI is InChI=1S/C26H42ClN5O4/c1-16(2)19(23(35)30-14-25(3,4)24(29)36)11-21(33)20(28)12-31-13-22(34)32(15-26(31,5)6)18-9-7-8-17(27)10-18/h7-10,16,19-21,33H,11-15,28H2,1-6H3,(H2,29,36)(H,30,35)/t19-,20-,21-/m0/s1. The molecule has 0 radical (unpaired) electrons. The van der Waals surface area contributed by atoms with E-state index >= 15 is 0 Å². The lowest BCUT2D eigenvalue weighted by atomic mass is 9.86. The Morgan fingerprint density at radius 3 is 2.47 bits per heavy atom. The number of hydrogen-bond acceptors (Lipinski definition) is 6. The molecule has 2 rings (SSSR count). The number of nitrogens with two attached hydrogens (primary N) is 2. The van der Waals surface area contributed by atoms with Gasteiger partial charge in [-0.2, -0.15) is 0 Å². The molecule has 1 aliphatic heterocycles. The second kappa shape index (κ2) is 11.9. The number of nitrogens with zero attached hydrogens (tertiary/aromatic N) is 2. The number of carbonyl (C=O) groups is 3. The number of piperazine rings is 1. The molecule has 9 nitrogen and oxygen atoms in total. The van der Waals surface area contributed by atoms with Crippen molar-refractivity contribution in [3.63, 3.8) is 0 Å². The highest BCUT2D eigenvalue weighted by atomic mass is 35.5. The van der Waals surface area contributed by atoms with Crippen molar-refractivity contribution in [2.75, 3.05) is 31.1 Å². The zero-order chi connectivity index (χ0) is 27.4. The summed E-state index contributed by atoms with van der Waals surface area (Å²) >= 11 is 6.12. The number of aliphatic hydroxyl groups is 1. The van der Waals surface area contributed by atoms with Gasteiger partial charge >= 0.3 is 0 Å². The van der Waals surface area contributed by atoms with Crippen molar-refractivity contribution in [3.05, 3.63) is 29.3 Å². The summed E-state index contributed by atoms with van der Waals surface area (Å²) in [6, 6.07) is 6.54. The highest BCUT2D eigenvalue weighted by Gasteiger charge is 2.40. The van der Waals surface area contributed by atoms with Crippen molar-refractivity contribution in [2.45, 2.75) is 65.6 Å². The lowest BCUT2D eigenvalue weighted by Gasteiger charge is -2.47. The maximum absolute atomic E-state index is 13.0. The van der Waals surface area contributed by atoms with E-state index in [-0.39, 0.29) is 37.2 Å². The third kappa shape index (κ3) is 7.65. The van der Waals surface area contributed by atoms with Crippen LogP contribution < -0.4 is 21.7 Å². The second-order valence-electron chi connectivity index (χ2n) is 11.4. The molecule has 10 heteroatoms. The Kier molecular flexibility index (Phi) is 9.92. The van der Waals surface area contributed by atoms with Gasteiger partial charge in [-0.1, -0.05) is 31.5 Å². The molecule has 1 aromatic carbocycles. The van der Waals surface area contributed by atoms with E-state index in [0.717, 1.165) is 5.69 Å². The largest absolute Gasteiger partial charge is 0.391 e. The number of rotatable bonds is 11. The first-order valence-corrected chi connectivity index (χ1v) is 12.7. The Bertz CT molecular complexity index is 952. The Hall–Kier alpha value is -2.20. The lowest BCUT2D eigenvalue weighted by Crippen LogP contribution is -2.64. The summed E-state index contributed by atoms with van der Waals surface area (Å²) < 4.78 is 0. The molecule has 0 unspecified atom stereocenters. The number of primary amides is 1. The molecule has 0 bridgehead atoms. The van der Waals surface area contributed by atoms with E-state index in [0.29, 0.717) is 18.1 Å². The van der Waals surface area contributed by atoms with E-state index in [1.165, 1.54) is 0 Å². The van der Waals surface area contributed by atoms with E-state index < -0.39 is 34.9 Å². The van der Waals surface area contributed by atoms with E-state index in [1.54, 1.807) is 30.9 Å². The highest BCUT2D eigenvalue weighted by Crippen LogP contribution is 2.29. The molecular formula is C26H42ClN5O4. The molecule has 202 valence electrons. The van der Waals surface area contributed by atoms with Gasteiger partial charge in [0.05, 0.1) is 18.1 Å². The molecule has 1 aromatic rings. The summed E-state index contributed by atoms with van der Waals surface area (Å²) in [5.41, 5.74) is 11.2. The van der Waals surface area contributed by atoms with E-state index in [4.69, 9.17) is 23.1 Å². The van der Waals surface area contributed by atoms with Gasteiger partial charge in [-0.15, -0.1) is 0 Å². The minimum Gasteiger partial charge on any atom is -0.391 e. The fourth-order valence-corrected chi connectivity index (χ4v) is 4.43. The number of aliphatic hydroxyl groups excluding tert-OH is 1. The zero-order valence-electron chi connectivity index (χ0n) is 22.3. The summed E-state index contributed by atoms with van der Waals surface area (Å²) in [6.45, 7) is 12.2. The van der Waals surface area contributed by atoms with Gasteiger partial charge in [0, 0.05) is 47.8 Å². The first-order chi connectivity index (χ1) is 16.5. The van der Waals surface area contributed by atoms with Crippen LogP contribution in [0.4, 0.5) is 5.69 Å². The van der Waals surface area contributed by atoms with Crippen molar-refractivity contribution < 1.29 is 19.5 Å². The Morgan fingerprint density at radius 1 is 1.28 bits per heavy atom. The monoisotopic (exact) mass is 523 g/mol. The summed E-state index contributed by atoms with van der Waals surface area (Å²) in [4.78, 5) is 41.1. The molecule has 1 fully saturated rings. The summed E-state index contributed by atoms with van der Waals surface area (Å²) in [6.07, 6.45) is -0.789. The lowest BCUT2D eigenvalue weighted by molar-refractivity contribution is -0.130. The van der Waals surface area contributed by atoms with Crippen LogP contribution in [0.5, 0.6) is 0 Å². The van der Waals surface area contributed by atoms with Gasteiger partial charge in [-0.3, -0.25) is 19.3 Å². The Morgan fingerprint density at radius 2 is 1.92 bits per heavy atom. The van der Waals surface area contributed by atoms with Gasteiger partial charge in [0.15, 0.2) is 0 Å². The third-order valence-electron chi connectivity index (χ3n) is 7.08. The Balaban J connectivity index is 2.02. The van der Waals surface area contributed by atoms with Crippen molar-refractivity contribution in [1.82, 2.24) is 10.2 Å². The number of anilines is 1. The van der Waals surface area contributed by atoms with E-state index in [1.807, 2.05) is 44.7 Å². The number of nitrogens with one attached hydrogen (secondary N) is 1. The molecule has 0 spiro atoms. The van der Waals surface area contributed by atoms with Gasteiger partial charge in [-0.05, 0) is 58.2 Å². The van der Waals surface area contributed by atoms with Crippen molar-refractivity contribution in [1.29, 1.82) is 0 Å². The fraction of sp³-hybridized carbons (Fsp3) is 0.654. The zero-order valence-corrected chi connectivity index (χ0v) is 23.0. The summed E-state index contributed by atoms with van der Waals surface area (Å²) in [5.74, 6) is -1.38. The number of carbonyl (C=O) groups excluding carboxylic acids is 3. The molecule has 1 aliphatic rings. The average molecular weight is 524 g/mol. The highest BCUT2D eigenvalue weighted by molar-refractivity contribution is 6.30. The molecule has 0 aromatic heterocycles.